The second-order valence-corrected chi connectivity index (χ2v) is 13.0. The van der Waals surface area contributed by atoms with E-state index in [4.69, 9.17) is 0 Å². The SMILES string of the molecule is CCC(=O)C([C@@H]1CNC[C@@H]1c1ccccc1)N1CCC2(CC1)NC(=O)N(Cc1ccc(S(C)(=O)=O)cc1)C2=O. The van der Waals surface area contributed by atoms with Crippen LogP contribution < -0.4 is 10.6 Å². The highest BCUT2D eigenvalue weighted by molar-refractivity contribution is 7.90. The van der Waals surface area contributed by atoms with Crippen molar-refractivity contribution in [3.63, 3.8) is 0 Å². The Balaban J connectivity index is 1.29. The van der Waals surface area contributed by atoms with Crippen molar-refractivity contribution in [2.24, 2.45) is 5.92 Å². The average molecular weight is 553 g/mol. The van der Waals surface area contributed by atoms with Gasteiger partial charge in [0.25, 0.3) is 5.91 Å². The molecule has 9 nitrogen and oxygen atoms in total. The van der Waals surface area contributed by atoms with Gasteiger partial charge in [0.05, 0.1) is 17.5 Å². The van der Waals surface area contributed by atoms with Crippen molar-refractivity contribution in [2.75, 3.05) is 32.4 Å². The largest absolute Gasteiger partial charge is 0.325 e. The zero-order chi connectivity index (χ0) is 27.8. The summed E-state index contributed by atoms with van der Waals surface area (Å²) < 4.78 is 23.5. The Morgan fingerprint density at radius 1 is 1.03 bits per heavy atom. The van der Waals surface area contributed by atoms with Gasteiger partial charge >= 0.3 is 6.03 Å². The summed E-state index contributed by atoms with van der Waals surface area (Å²) in [6.45, 7) is 4.65. The van der Waals surface area contributed by atoms with E-state index in [1.54, 1.807) is 12.1 Å². The molecule has 0 aromatic heterocycles. The molecular weight excluding hydrogens is 516 g/mol. The van der Waals surface area contributed by atoms with E-state index in [0.717, 1.165) is 19.3 Å². The van der Waals surface area contributed by atoms with Gasteiger partial charge in [-0.3, -0.25) is 19.4 Å². The quantitative estimate of drug-likeness (QED) is 0.483. The predicted molar refractivity (Wildman–Crippen MR) is 147 cm³/mol. The first-order valence-corrected chi connectivity index (χ1v) is 15.5. The Bertz CT molecular complexity index is 1340. The van der Waals surface area contributed by atoms with Crippen LogP contribution in [0.25, 0.3) is 0 Å². The van der Waals surface area contributed by atoms with E-state index < -0.39 is 21.4 Å². The van der Waals surface area contributed by atoms with Crippen molar-refractivity contribution >= 4 is 27.6 Å². The molecule has 1 spiro atoms. The topological polar surface area (TPSA) is 116 Å². The summed E-state index contributed by atoms with van der Waals surface area (Å²) in [5.74, 6) is 0.318. The van der Waals surface area contributed by atoms with Crippen molar-refractivity contribution in [3.8, 4) is 0 Å². The van der Waals surface area contributed by atoms with Crippen LogP contribution in [0.5, 0.6) is 0 Å². The maximum atomic E-state index is 13.5. The number of sulfone groups is 1. The fourth-order valence-electron chi connectivity index (χ4n) is 6.39. The number of nitrogens with one attached hydrogen (secondary N) is 2. The molecule has 0 radical (unpaired) electrons. The number of amides is 3. The number of hydrogen-bond donors (Lipinski definition) is 2. The first kappa shape index (κ1) is 27.5. The number of piperidine rings is 1. The zero-order valence-electron chi connectivity index (χ0n) is 22.4. The molecular formula is C29H36N4O5S. The Hall–Kier alpha value is -3.08. The zero-order valence-corrected chi connectivity index (χ0v) is 23.2. The van der Waals surface area contributed by atoms with E-state index in [1.807, 2.05) is 25.1 Å². The number of benzene rings is 2. The fraction of sp³-hybridized carbons (Fsp3) is 0.483. The van der Waals surface area contributed by atoms with Crippen molar-refractivity contribution in [1.29, 1.82) is 0 Å². The number of imide groups is 1. The number of carbonyl (C=O) groups excluding carboxylic acids is 3. The van der Waals surface area contributed by atoms with E-state index in [0.29, 0.717) is 37.9 Å². The van der Waals surface area contributed by atoms with Gasteiger partial charge in [-0.1, -0.05) is 49.4 Å². The molecule has 1 unspecified atom stereocenters. The molecule has 3 heterocycles. The Labute approximate surface area is 229 Å². The van der Waals surface area contributed by atoms with E-state index in [9.17, 15) is 22.8 Å². The molecule has 3 aliphatic rings. The van der Waals surface area contributed by atoms with E-state index in [-0.39, 0.29) is 41.0 Å². The van der Waals surface area contributed by atoms with Gasteiger partial charge in [-0.05, 0) is 36.1 Å². The number of likely N-dealkylation sites (tertiary alicyclic amines) is 1. The van der Waals surface area contributed by atoms with E-state index in [1.165, 1.54) is 22.6 Å². The van der Waals surface area contributed by atoms with Crippen LogP contribution in [0.1, 0.15) is 43.2 Å². The molecule has 3 amide bonds. The second-order valence-electron chi connectivity index (χ2n) is 11.0. The molecule has 3 fully saturated rings. The van der Waals surface area contributed by atoms with Crippen molar-refractivity contribution in [3.05, 3.63) is 65.7 Å². The molecule has 2 aromatic carbocycles. The molecule has 10 heteroatoms. The Morgan fingerprint density at radius 2 is 1.69 bits per heavy atom. The monoisotopic (exact) mass is 552 g/mol. The number of nitrogens with zero attached hydrogens (tertiary/aromatic N) is 2. The molecule has 0 bridgehead atoms. The van der Waals surface area contributed by atoms with Gasteiger partial charge in [0.15, 0.2) is 9.84 Å². The lowest BCUT2D eigenvalue weighted by Crippen LogP contribution is -2.59. The number of carbonyl (C=O) groups is 3. The first-order chi connectivity index (χ1) is 18.6. The molecule has 5 rings (SSSR count). The van der Waals surface area contributed by atoms with Gasteiger partial charge in [0.1, 0.15) is 11.3 Å². The van der Waals surface area contributed by atoms with Crippen LogP contribution in [-0.2, 0) is 26.0 Å². The molecule has 2 N–H and O–H groups in total. The van der Waals surface area contributed by atoms with Gasteiger partial charge in [0.2, 0.25) is 0 Å². The van der Waals surface area contributed by atoms with Crippen molar-refractivity contribution < 1.29 is 22.8 Å². The van der Waals surface area contributed by atoms with Crippen molar-refractivity contribution in [2.45, 2.75) is 55.1 Å². The summed E-state index contributed by atoms with van der Waals surface area (Å²) in [5.41, 5.74) is 0.926. The Kier molecular flexibility index (Phi) is 7.63. The summed E-state index contributed by atoms with van der Waals surface area (Å²) in [7, 11) is -3.33. The molecule has 3 atom stereocenters. The Morgan fingerprint density at radius 3 is 2.31 bits per heavy atom. The maximum Gasteiger partial charge on any atom is 0.325 e. The number of urea groups is 1. The van der Waals surface area contributed by atoms with Crippen molar-refractivity contribution in [1.82, 2.24) is 20.4 Å². The molecule has 3 aliphatic heterocycles. The molecule has 0 aliphatic carbocycles. The second kappa shape index (κ2) is 10.8. The van der Waals surface area contributed by atoms with Gasteiger partial charge in [-0.25, -0.2) is 13.2 Å². The lowest BCUT2D eigenvalue weighted by molar-refractivity contribution is -0.134. The van der Waals surface area contributed by atoms with Crippen LogP contribution in [0.3, 0.4) is 0 Å². The summed E-state index contributed by atoms with van der Waals surface area (Å²) >= 11 is 0. The lowest BCUT2D eigenvalue weighted by Gasteiger charge is -2.43. The number of Topliss-reactive ketones (excluding diaryl/α,β-unsaturated/α-hetero) is 1. The van der Waals surface area contributed by atoms with Crippen LogP contribution >= 0.6 is 0 Å². The summed E-state index contributed by atoms with van der Waals surface area (Å²) in [6, 6.07) is 15.9. The molecule has 0 saturated carbocycles. The third kappa shape index (κ3) is 5.37. The molecule has 2 aromatic rings. The fourth-order valence-corrected chi connectivity index (χ4v) is 7.02. The number of hydrogen-bond acceptors (Lipinski definition) is 7. The minimum absolute atomic E-state index is 0.0730. The van der Waals surface area contributed by atoms with E-state index >= 15 is 0 Å². The van der Waals surface area contributed by atoms with Crippen LogP contribution in [0.2, 0.25) is 0 Å². The number of rotatable bonds is 8. The smallest absolute Gasteiger partial charge is 0.323 e. The van der Waals surface area contributed by atoms with Crippen LogP contribution in [0.4, 0.5) is 4.79 Å². The summed E-state index contributed by atoms with van der Waals surface area (Å²) in [5, 5.41) is 6.44. The van der Waals surface area contributed by atoms with Crippen LogP contribution in [0.15, 0.2) is 59.5 Å². The van der Waals surface area contributed by atoms with Gasteiger partial charge < -0.3 is 10.6 Å². The van der Waals surface area contributed by atoms with E-state index in [2.05, 4.69) is 27.7 Å². The third-order valence-corrected chi connectivity index (χ3v) is 9.68. The first-order valence-electron chi connectivity index (χ1n) is 13.6. The average Bonchev–Trinajstić information content (AvgIpc) is 3.49. The standard InChI is InChI=1S/C29H36N4O5S/c1-3-25(34)26(24-18-30-17-23(24)21-7-5-4-6-8-21)32-15-13-29(14-16-32)27(35)33(28(36)31-29)19-20-9-11-22(12-10-20)39(2,37)38/h4-12,23-24,26,30H,3,13-19H2,1-2H3,(H,31,36)/t23-,24-,26?/m1/s1. The highest BCUT2D eigenvalue weighted by Crippen LogP contribution is 2.37. The number of ketones is 1. The third-order valence-electron chi connectivity index (χ3n) is 8.56. The summed E-state index contributed by atoms with van der Waals surface area (Å²) in [4.78, 5) is 43.3. The maximum absolute atomic E-state index is 13.5. The van der Waals surface area contributed by atoms with Gasteiger partial charge in [-0.15, -0.1) is 0 Å². The normalized spacial score (nSPS) is 24.2. The summed E-state index contributed by atoms with van der Waals surface area (Å²) in [6.07, 6.45) is 2.46. The molecule has 3 saturated heterocycles. The molecule has 39 heavy (non-hydrogen) atoms. The van der Waals surface area contributed by atoms with Crippen LogP contribution in [0, 0.1) is 5.92 Å². The lowest BCUT2D eigenvalue weighted by atomic mass is 9.79. The minimum Gasteiger partial charge on any atom is -0.323 e. The van der Waals surface area contributed by atoms with Gasteiger partial charge in [0, 0.05) is 50.7 Å². The predicted octanol–water partition coefficient (Wildman–Crippen LogP) is 2.33. The molecule has 208 valence electrons. The highest BCUT2D eigenvalue weighted by Gasteiger charge is 2.53. The van der Waals surface area contributed by atoms with Crippen LogP contribution in [-0.4, -0.2) is 80.0 Å². The van der Waals surface area contributed by atoms with Gasteiger partial charge in [-0.2, -0.15) is 0 Å². The minimum atomic E-state index is -3.33. The highest BCUT2D eigenvalue weighted by atomic mass is 32.2.